The van der Waals surface area contributed by atoms with Crippen LogP contribution in [0.2, 0.25) is 0 Å². The fourth-order valence-electron chi connectivity index (χ4n) is 1.61. The lowest BCUT2D eigenvalue weighted by atomic mass is 10.3. The van der Waals surface area contributed by atoms with Gasteiger partial charge in [-0.25, -0.2) is 0 Å². The Morgan fingerprint density at radius 3 is 2.33 bits per heavy atom. The Morgan fingerprint density at radius 2 is 1.93 bits per heavy atom. The maximum Gasteiger partial charge on any atom is 0.247 e. The van der Waals surface area contributed by atoms with E-state index in [4.69, 9.17) is 20.9 Å². The first-order valence-corrected chi connectivity index (χ1v) is 9.49. The van der Waals surface area contributed by atoms with Crippen LogP contribution in [0.25, 0.3) is 0 Å². The topological polar surface area (TPSA) is 38.7 Å². The highest BCUT2D eigenvalue weighted by Crippen LogP contribution is 2.64. The van der Waals surface area contributed by atoms with E-state index in [0.29, 0.717) is 13.2 Å². The molecule has 1 fully saturated rings. The van der Waals surface area contributed by atoms with Gasteiger partial charge < -0.3 is 14.2 Å². The third kappa shape index (κ3) is 4.33. The summed E-state index contributed by atoms with van der Waals surface area (Å²) in [6.07, 6.45) is 2.74. The Labute approximate surface area is 101 Å². The van der Waals surface area contributed by atoms with Gasteiger partial charge in [-0.15, -0.1) is 0 Å². The third-order valence-corrected chi connectivity index (χ3v) is 8.11. The van der Waals surface area contributed by atoms with E-state index < -0.39 is 5.69 Å². The van der Waals surface area contributed by atoms with Crippen molar-refractivity contribution in [1.82, 2.24) is 0 Å². The molecule has 1 N–H and O–H groups in total. The van der Waals surface area contributed by atoms with Gasteiger partial charge >= 0.3 is 0 Å². The van der Waals surface area contributed by atoms with Gasteiger partial charge in [-0.1, -0.05) is 11.4 Å². The second-order valence-corrected chi connectivity index (χ2v) is 9.86. The Bertz CT molecular complexity index is 227. The van der Waals surface area contributed by atoms with Gasteiger partial charge in [0.15, 0.2) is 0 Å². The van der Waals surface area contributed by atoms with E-state index in [0.717, 1.165) is 19.3 Å². The molecule has 0 bridgehead atoms. The molecule has 1 aliphatic rings. The molecule has 0 heterocycles. The lowest BCUT2D eigenvalue weighted by Crippen LogP contribution is -2.15. The SMILES string of the molecule is CCOP(=S)(OCC)SC1CCCC1O. The van der Waals surface area contributed by atoms with Crippen molar-refractivity contribution in [3.63, 3.8) is 0 Å². The average Bonchev–Trinajstić information content (AvgIpc) is 2.52. The highest BCUT2D eigenvalue weighted by Gasteiger charge is 2.32. The van der Waals surface area contributed by atoms with Crippen molar-refractivity contribution in [3.05, 3.63) is 0 Å². The predicted molar refractivity (Wildman–Crippen MR) is 68.8 cm³/mol. The molecular formula is C9H19O3PS2. The standard InChI is InChI=1S/C9H19O3PS2/c1-3-11-13(14,12-4-2)15-9-7-5-6-8(9)10/h8-10H,3-7H2,1-2H3. The molecule has 15 heavy (non-hydrogen) atoms. The summed E-state index contributed by atoms with van der Waals surface area (Å²) in [7, 11) is 0. The zero-order valence-electron chi connectivity index (χ0n) is 9.22. The van der Waals surface area contributed by atoms with Crippen LogP contribution in [0.15, 0.2) is 0 Å². The van der Waals surface area contributed by atoms with Crippen molar-refractivity contribution in [3.8, 4) is 0 Å². The van der Waals surface area contributed by atoms with Gasteiger partial charge in [0.05, 0.1) is 19.3 Å². The number of aliphatic hydroxyl groups is 1. The van der Waals surface area contributed by atoms with Gasteiger partial charge in [0.2, 0.25) is 5.69 Å². The summed E-state index contributed by atoms with van der Waals surface area (Å²) >= 11 is 6.95. The first-order chi connectivity index (χ1) is 7.11. The van der Waals surface area contributed by atoms with E-state index in [2.05, 4.69) is 0 Å². The summed E-state index contributed by atoms with van der Waals surface area (Å²) in [6.45, 7) is 5.00. The molecule has 0 aliphatic heterocycles. The van der Waals surface area contributed by atoms with Crippen LogP contribution >= 0.6 is 17.1 Å². The first kappa shape index (κ1) is 13.9. The third-order valence-electron chi connectivity index (χ3n) is 2.26. The van der Waals surface area contributed by atoms with Crippen molar-refractivity contribution in [2.75, 3.05) is 13.2 Å². The fourth-order valence-corrected chi connectivity index (χ4v) is 7.68. The van der Waals surface area contributed by atoms with Crippen LogP contribution in [-0.2, 0) is 20.9 Å². The molecule has 6 heteroatoms. The van der Waals surface area contributed by atoms with Crippen LogP contribution in [0.4, 0.5) is 0 Å². The largest absolute Gasteiger partial charge is 0.392 e. The summed E-state index contributed by atoms with van der Waals surface area (Å²) in [5.41, 5.74) is -2.22. The molecule has 3 nitrogen and oxygen atoms in total. The zero-order valence-corrected chi connectivity index (χ0v) is 11.7. The Kier molecular flexibility index (Phi) is 6.11. The number of hydrogen-bond acceptors (Lipinski definition) is 5. The molecule has 0 saturated heterocycles. The van der Waals surface area contributed by atoms with Gasteiger partial charge in [0, 0.05) is 5.25 Å². The van der Waals surface area contributed by atoms with Gasteiger partial charge in [-0.2, -0.15) is 0 Å². The fraction of sp³-hybridized carbons (Fsp3) is 1.00. The van der Waals surface area contributed by atoms with Gasteiger partial charge in [0.1, 0.15) is 0 Å². The molecule has 0 amide bonds. The Morgan fingerprint density at radius 1 is 1.33 bits per heavy atom. The number of rotatable bonds is 6. The van der Waals surface area contributed by atoms with Crippen LogP contribution in [0.5, 0.6) is 0 Å². The quantitative estimate of drug-likeness (QED) is 0.751. The minimum atomic E-state index is -2.22. The lowest BCUT2D eigenvalue weighted by molar-refractivity contribution is 0.188. The second-order valence-electron chi connectivity index (χ2n) is 3.42. The normalized spacial score (nSPS) is 27.1. The van der Waals surface area contributed by atoms with Crippen LogP contribution in [0, 0.1) is 0 Å². The minimum absolute atomic E-state index is 0.203. The maximum atomic E-state index is 9.73. The van der Waals surface area contributed by atoms with E-state index >= 15 is 0 Å². The smallest absolute Gasteiger partial charge is 0.247 e. The van der Waals surface area contributed by atoms with Crippen LogP contribution in [0.3, 0.4) is 0 Å². The molecule has 2 unspecified atom stereocenters. The van der Waals surface area contributed by atoms with Crippen LogP contribution < -0.4 is 0 Å². The minimum Gasteiger partial charge on any atom is -0.392 e. The van der Waals surface area contributed by atoms with Crippen molar-refractivity contribution in [2.24, 2.45) is 0 Å². The lowest BCUT2D eigenvalue weighted by Gasteiger charge is -2.24. The molecule has 0 spiro atoms. The monoisotopic (exact) mass is 270 g/mol. The van der Waals surface area contributed by atoms with Gasteiger partial charge in [0.25, 0.3) is 0 Å². The molecule has 1 aliphatic carbocycles. The van der Waals surface area contributed by atoms with E-state index in [1.54, 1.807) is 11.4 Å². The van der Waals surface area contributed by atoms with E-state index in [1.165, 1.54) is 0 Å². The average molecular weight is 270 g/mol. The number of hydrogen-bond donors (Lipinski definition) is 1. The maximum absolute atomic E-state index is 9.73. The first-order valence-electron chi connectivity index (χ1n) is 5.37. The van der Waals surface area contributed by atoms with Crippen molar-refractivity contribution in [2.45, 2.75) is 44.5 Å². The molecule has 1 saturated carbocycles. The molecule has 0 radical (unpaired) electrons. The Hall–Kier alpha value is 0.880. The summed E-state index contributed by atoms with van der Waals surface area (Å²) < 4.78 is 11.1. The summed E-state index contributed by atoms with van der Waals surface area (Å²) in [5, 5.41) is 9.93. The predicted octanol–water partition coefficient (Wildman–Crippen LogP) is 2.93. The van der Waals surface area contributed by atoms with E-state index in [9.17, 15) is 5.11 Å². The van der Waals surface area contributed by atoms with E-state index in [1.807, 2.05) is 13.8 Å². The Balaban J connectivity index is 2.53. The molecule has 1 rings (SSSR count). The van der Waals surface area contributed by atoms with Crippen molar-refractivity contribution in [1.29, 1.82) is 0 Å². The van der Waals surface area contributed by atoms with Gasteiger partial charge in [-0.05, 0) is 44.9 Å². The zero-order chi connectivity index (χ0) is 11.3. The van der Waals surface area contributed by atoms with Crippen molar-refractivity contribution < 1.29 is 14.2 Å². The molecule has 0 aromatic rings. The van der Waals surface area contributed by atoms with Crippen molar-refractivity contribution >= 4 is 28.9 Å². The highest BCUT2D eigenvalue weighted by molar-refractivity contribution is 8.68. The van der Waals surface area contributed by atoms with Crippen LogP contribution in [0.1, 0.15) is 33.1 Å². The molecular weight excluding hydrogens is 251 g/mol. The molecule has 0 aromatic carbocycles. The summed E-state index contributed by atoms with van der Waals surface area (Å²) in [6, 6.07) is 0. The second kappa shape index (κ2) is 6.58. The molecule has 2 atom stereocenters. The summed E-state index contributed by atoms with van der Waals surface area (Å²) in [5.74, 6) is 0. The highest BCUT2D eigenvalue weighted by atomic mass is 32.9. The summed E-state index contributed by atoms with van der Waals surface area (Å²) in [4.78, 5) is 0. The van der Waals surface area contributed by atoms with E-state index in [-0.39, 0.29) is 11.4 Å². The molecule has 90 valence electrons. The van der Waals surface area contributed by atoms with Crippen LogP contribution in [-0.4, -0.2) is 29.7 Å². The van der Waals surface area contributed by atoms with Gasteiger partial charge in [-0.3, -0.25) is 0 Å². The molecule has 0 aromatic heterocycles. The number of aliphatic hydroxyl groups excluding tert-OH is 1.